The lowest BCUT2D eigenvalue weighted by atomic mass is 10.0. The van der Waals surface area contributed by atoms with E-state index in [9.17, 15) is 0 Å². The second-order valence-electron chi connectivity index (χ2n) is 4.30. The number of hydrogen-bond acceptors (Lipinski definition) is 2. The molecule has 2 aromatic carbocycles. The van der Waals surface area contributed by atoms with Gasteiger partial charge in [0.05, 0.1) is 18.4 Å². The first-order valence-corrected chi connectivity index (χ1v) is 6.05. The number of aromatic amines is 1. The summed E-state index contributed by atoms with van der Waals surface area (Å²) in [5, 5.41) is 5.59. The molecule has 0 fully saturated rings. The molecule has 0 aliphatic rings. The lowest BCUT2D eigenvalue weighted by molar-refractivity contribution is 0.772. The van der Waals surface area contributed by atoms with Gasteiger partial charge in [0, 0.05) is 5.56 Å². The van der Waals surface area contributed by atoms with Crippen molar-refractivity contribution in [1.82, 2.24) is 15.3 Å². The van der Waals surface area contributed by atoms with Crippen LogP contribution < -0.4 is 5.32 Å². The van der Waals surface area contributed by atoms with Gasteiger partial charge in [-0.15, -0.1) is 0 Å². The average molecular weight is 237 g/mol. The second kappa shape index (κ2) is 4.63. The van der Waals surface area contributed by atoms with E-state index in [0.717, 1.165) is 18.1 Å². The van der Waals surface area contributed by atoms with E-state index in [1.54, 1.807) is 0 Å². The highest BCUT2D eigenvalue weighted by molar-refractivity contribution is 5.95. The molecule has 18 heavy (non-hydrogen) atoms. The number of nitrogens with one attached hydrogen (secondary N) is 2. The minimum absolute atomic E-state index is 0.755. The number of imidazole rings is 1. The van der Waals surface area contributed by atoms with Gasteiger partial charge in [-0.3, -0.25) is 0 Å². The van der Waals surface area contributed by atoms with Gasteiger partial charge >= 0.3 is 0 Å². The van der Waals surface area contributed by atoms with Gasteiger partial charge in [0.1, 0.15) is 5.82 Å². The molecular weight excluding hydrogens is 222 g/mol. The smallest absolute Gasteiger partial charge is 0.120 e. The van der Waals surface area contributed by atoms with Gasteiger partial charge in [-0.1, -0.05) is 42.5 Å². The maximum atomic E-state index is 4.37. The molecule has 3 aromatic rings. The number of rotatable bonds is 3. The van der Waals surface area contributed by atoms with Crippen LogP contribution in [-0.4, -0.2) is 17.0 Å². The van der Waals surface area contributed by atoms with Crippen LogP contribution in [0.1, 0.15) is 5.82 Å². The molecule has 0 aliphatic carbocycles. The Bertz CT molecular complexity index is 665. The van der Waals surface area contributed by atoms with Crippen LogP contribution in [0.3, 0.4) is 0 Å². The van der Waals surface area contributed by atoms with Crippen LogP contribution in [0.4, 0.5) is 0 Å². The van der Waals surface area contributed by atoms with Crippen molar-refractivity contribution >= 4 is 10.8 Å². The van der Waals surface area contributed by atoms with Crippen LogP contribution >= 0.6 is 0 Å². The van der Waals surface area contributed by atoms with Crippen molar-refractivity contribution in [1.29, 1.82) is 0 Å². The molecule has 0 aliphatic heterocycles. The summed E-state index contributed by atoms with van der Waals surface area (Å²) >= 11 is 0. The fourth-order valence-corrected chi connectivity index (χ4v) is 2.22. The summed E-state index contributed by atoms with van der Waals surface area (Å²) in [5.74, 6) is 0.959. The number of aromatic nitrogens is 2. The topological polar surface area (TPSA) is 40.7 Å². The Morgan fingerprint density at radius 1 is 1.11 bits per heavy atom. The van der Waals surface area contributed by atoms with Crippen LogP contribution in [0.2, 0.25) is 0 Å². The van der Waals surface area contributed by atoms with Gasteiger partial charge in [0.2, 0.25) is 0 Å². The summed E-state index contributed by atoms with van der Waals surface area (Å²) in [7, 11) is 1.92. The third-order valence-electron chi connectivity index (χ3n) is 3.05. The molecule has 2 N–H and O–H groups in total. The molecule has 0 atom stereocenters. The summed E-state index contributed by atoms with van der Waals surface area (Å²) in [5.41, 5.74) is 2.26. The standard InChI is InChI=1S/C15H15N3/c1-16-10-15-17-9-14(18-15)13-8-4-6-11-5-2-3-7-12(11)13/h2-9,16H,10H2,1H3,(H,17,18). The summed E-state index contributed by atoms with van der Waals surface area (Å²) in [4.78, 5) is 7.72. The third kappa shape index (κ3) is 1.89. The highest BCUT2D eigenvalue weighted by Crippen LogP contribution is 2.27. The van der Waals surface area contributed by atoms with Crippen molar-refractivity contribution in [2.75, 3.05) is 7.05 Å². The van der Waals surface area contributed by atoms with Gasteiger partial charge in [-0.05, 0) is 17.8 Å². The molecule has 1 aromatic heterocycles. The minimum Gasteiger partial charge on any atom is -0.341 e. The molecule has 3 rings (SSSR count). The van der Waals surface area contributed by atoms with Crippen molar-refractivity contribution in [2.24, 2.45) is 0 Å². The van der Waals surface area contributed by atoms with E-state index in [1.165, 1.54) is 16.3 Å². The van der Waals surface area contributed by atoms with E-state index in [2.05, 4.69) is 57.7 Å². The molecule has 3 heteroatoms. The van der Waals surface area contributed by atoms with Gasteiger partial charge in [-0.25, -0.2) is 4.98 Å². The van der Waals surface area contributed by atoms with E-state index in [1.807, 2.05) is 13.2 Å². The van der Waals surface area contributed by atoms with Crippen molar-refractivity contribution in [3.8, 4) is 11.3 Å². The Morgan fingerprint density at radius 3 is 2.83 bits per heavy atom. The molecule has 3 nitrogen and oxygen atoms in total. The number of benzene rings is 2. The van der Waals surface area contributed by atoms with Gasteiger partial charge in [0.15, 0.2) is 0 Å². The zero-order valence-electron chi connectivity index (χ0n) is 10.3. The Balaban J connectivity index is 2.12. The van der Waals surface area contributed by atoms with Crippen LogP contribution in [0.25, 0.3) is 22.0 Å². The van der Waals surface area contributed by atoms with E-state index in [-0.39, 0.29) is 0 Å². The molecule has 0 saturated heterocycles. The van der Waals surface area contributed by atoms with Gasteiger partial charge in [-0.2, -0.15) is 0 Å². The lowest BCUT2D eigenvalue weighted by Gasteiger charge is -2.04. The van der Waals surface area contributed by atoms with Crippen molar-refractivity contribution < 1.29 is 0 Å². The predicted octanol–water partition coefficient (Wildman–Crippen LogP) is 2.95. The normalized spacial score (nSPS) is 10.9. The largest absolute Gasteiger partial charge is 0.341 e. The zero-order chi connectivity index (χ0) is 12.4. The Labute approximate surface area is 106 Å². The first kappa shape index (κ1) is 11.0. The number of nitrogens with zero attached hydrogens (tertiary/aromatic N) is 1. The molecule has 1 heterocycles. The molecule has 0 unspecified atom stereocenters. The Kier molecular flexibility index (Phi) is 2.82. The highest BCUT2D eigenvalue weighted by Gasteiger charge is 2.06. The van der Waals surface area contributed by atoms with Gasteiger partial charge in [0.25, 0.3) is 0 Å². The molecule has 0 bridgehead atoms. The molecule has 0 saturated carbocycles. The van der Waals surface area contributed by atoms with Crippen LogP contribution in [-0.2, 0) is 6.54 Å². The Morgan fingerprint density at radius 2 is 1.94 bits per heavy atom. The second-order valence-corrected chi connectivity index (χ2v) is 4.30. The van der Waals surface area contributed by atoms with Crippen LogP contribution in [0, 0.1) is 0 Å². The predicted molar refractivity (Wildman–Crippen MR) is 74.3 cm³/mol. The monoisotopic (exact) mass is 237 g/mol. The van der Waals surface area contributed by atoms with E-state index < -0.39 is 0 Å². The van der Waals surface area contributed by atoms with Crippen LogP contribution in [0.5, 0.6) is 0 Å². The third-order valence-corrected chi connectivity index (χ3v) is 3.05. The molecule has 90 valence electrons. The SMILES string of the molecule is CNCc1ncc(-c2cccc3ccccc23)[nH]1. The lowest BCUT2D eigenvalue weighted by Crippen LogP contribution is -2.06. The number of H-pyrrole nitrogens is 1. The summed E-state index contributed by atoms with van der Waals surface area (Å²) in [6.07, 6.45) is 1.90. The zero-order valence-corrected chi connectivity index (χ0v) is 10.3. The first-order chi connectivity index (χ1) is 8.88. The molecule has 0 radical (unpaired) electrons. The van der Waals surface area contributed by atoms with Crippen molar-refractivity contribution in [2.45, 2.75) is 6.54 Å². The fraction of sp³-hybridized carbons (Fsp3) is 0.133. The summed E-state index contributed by atoms with van der Waals surface area (Å²) in [6.45, 7) is 0.755. The number of hydrogen-bond donors (Lipinski definition) is 2. The van der Waals surface area contributed by atoms with Crippen LogP contribution in [0.15, 0.2) is 48.7 Å². The van der Waals surface area contributed by atoms with E-state index in [4.69, 9.17) is 0 Å². The maximum absolute atomic E-state index is 4.37. The first-order valence-electron chi connectivity index (χ1n) is 6.05. The Hall–Kier alpha value is -2.13. The fourth-order valence-electron chi connectivity index (χ4n) is 2.22. The highest BCUT2D eigenvalue weighted by atomic mass is 15.0. The van der Waals surface area contributed by atoms with Gasteiger partial charge < -0.3 is 10.3 Å². The van der Waals surface area contributed by atoms with E-state index >= 15 is 0 Å². The molecular formula is C15H15N3. The maximum Gasteiger partial charge on any atom is 0.120 e. The summed E-state index contributed by atoms with van der Waals surface area (Å²) in [6, 6.07) is 14.7. The van der Waals surface area contributed by atoms with Crippen molar-refractivity contribution in [3.05, 3.63) is 54.5 Å². The quantitative estimate of drug-likeness (QED) is 0.735. The molecule has 0 amide bonds. The number of fused-ring (bicyclic) bond motifs is 1. The van der Waals surface area contributed by atoms with Crippen molar-refractivity contribution in [3.63, 3.8) is 0 Å². The minimum atomic E-state index is 0.755. The average Bonchev–Trinajstić information content (AvgIpc) is 2.87. The summed E-state index contributed by atoms with van der Waals surface area (Å²) < 4.78 is 0. The molecule has 0 spiro atoms. The van der Waals surface area contributed by atoms with E-state index in [0.29, 0.717) is 0 Å².